The zero-order chi connectivity index (χ0) is 22.6. The Labute approximate surface area is 190 Å². The van der Waals surface area contributed by atoms with E-state index in [1.165, 1.54) is 15.6 Å². The molecule has 0 N–H and O–H groups in total. The van der Waals surface area contributed by atoms with E-state index in [9.17, 15) is 18.0 Å². The minimum Gasteiger partial charge on any atom is -0.462 e. The summed E-state index contributed by atoms with van der Waals surface area (Å²) in [6.07, 6.45) is 5.14. The first-order valence-electron chi connectivity index (χ1n) is 10.1. The SMILES string of the molecule is CCOC(=O)c1ccc2c(c1)sc(=NC(=O)C1CCCCN1S(C)(=O)=O)n2CCSC. The highest BCUT2D eigenvalue weighted by molar-refractivity contribution is 7.98. The molecule has 1 aliphatic heterocycles. The number of sulfonamides is 1. The molecule has 1 saturated heterocycles. The van der Waals surface area contributed by atoms with Crippen LogP contribution in [-0.4, -0.2) is 66.6 Å². The molecule has 0 saturated carbocycles. The molecule has 0 radical (unpaired) electrons. The number of hydrogen-bond donors (Lipinski definition) is 0. The van der Waals surface area contributed by atoms with Crippen molar-refractivity contribution < 1.29 is 22.7 Å². The summed E-state index contributed by atoms with van der Waals surface area (Å²) in [5.74, 6) is -0.0135. The third-order valence-corrected chi connectivity index (χ3v) is 8.00. The molecular weight excluding hydrogens is 458 g/mol. The van der Waals surface area contributed by atoms with Crippen LogP contribution in [0.4, 0.5) is 0 Å². The number of thioether (sulfide) groups is 1. The van der Waals surface area contributed by atoms with Crippen LogP contribution >= 0.6 is 23.1 Å². The van der Waals surface area contributed by atoms with Crippen LogP contribution in [0.25, 0.3) is 10.2 Å². The number of piperidine rings is 1. The van der Waals surface area contributed by atoms with Crippen LogP contribution in [0.15, 0.2) is 23.2 Å². The zero-order valence-corrected chi connectivity index (χ0v) is 20.3. The second kappa shape index (κ2) is 10.3. The monoisotopic (exact) mass is 485 g/mol. The average molecular weight is 486 g/mol. The van der Waals surface area contributed by atoms with E-state index < -0.39 is 27.9 Å². The molecule has 1 atom stereocenters. The first-order valence-corrected chi connectivity index (χ1v) is 14.2. The van der Waals surface area contributed by atoms with Gasteiger partial charge in [-0.1, -0.05) is 17.8 Å². The van der Waals surface area contributed by atoms with Gasteiger partial charge in [0.05, 0.1) is 28.6 Å². The Morgan fingerprint density at radius 3 is 2.77 bits per heavy atom. The van der Waals surface area contributed by atoms with Crippen LogP contribution in [0.3, 0.4) is 0 Å². The number of aryl methyl sites for hydroxylation is 1. The van der Waals surface area contributed by atoms with Crippen molar-refractivity contribution in [3.63, 3.8) is 0 Å². The van der Waals surface area contributed by atoms with Crippen LogP contribution in [0.5, 0.6) is 0 Å². The number of fused-ring (bicyclic) bond motifs is 1. The molecule has 1 fully saturated rings. The highest BCUT2D eigenvalue weighted by Crippen LogP contribution is 2.23. The molecule has 1 amide bonds. The van der Waals surface area contributed by atoms with E-state index in [1.54, 1.807) is 30.8 Å². The highest BCUT2D eigenvalue weighted by atomic mass is 32.2. The Kier molecular flexibility index (Phi) is 7.95. The van der Waals surface area contributed by atoms with Gasteiger partial charge in [0.15, 0.2) is 4.80 Å². The van der Waals surface area contributed by atoms with E-state index in [0.29, 0.717) is 36.5 Å². The molecule has 3 rings (SSSR count). The summed E-state index contributed by atoms with van der Waals surface area (Å²) in [4.78, 5) is 30.0. The van der Waals surface area contributed by atoms with Crippen LogP contribution in [0, 0.1) is 0 Å². The summed E-state index contributed by atoms with van der Waals surface area (Å²) < 4.78 is 33.4. The second-order valence-corrected chi connectivity index (χ2v) is 11.2. The molecular formula is C20H27N3O5S3. The van der Waals surface area contributed by atoms with E-state index in [0.717, 1.165) is 35.1 Å². The van der Waals surface area contributed by atoms with Crippen molar-refractivity contribution in [3.8, 4) is 0 Å². The summed E-state index contributed by atoms with van der Waals surface area (Å²) in [5.41, 5.74) is 1.32. The van der Waals surface area contributed by atoms with Crippen LogP contribution in [-0.2, 0) is 26.1 Å². The van der Waals surface area contributed by atoms with E-state index in [4.69, 9.17) is 4.74 Å². The first kappa shape index (κ1) is 24.0. The van der Waals surface area contributed by atoms with E-state index >= 15 is 0 Å². The van der Waals surface area contributed by atoms with Gasteiger partial charge in [-0.3, -0.25) is 4.79 Å². The molecule has 2 heterocycles. The molecule has 170 valence electrons. The lowest BCUT2D eigenvalue weighted by Crippen LogP contribution is -2.47. The van der Waals surface area contributed by atoms with Gasteiger partial charge in [-0.05, 0) is 44.2 Å². The van der Waals surface area contributed by atoms with E-state index in [2.05, 4.69) is 4.99 Å². The third kappa shape index (κ3) is 5.57. The second-order valence-electron chi connectivity index (χ2n) is 7.27. The molecule has 8 nitrogen and oxygen atoms in total. The molecule has 0 spiro atoms. The van der Waals surface area contributed by atoms with Crippen LogP contribution < -0.4 is 4.80 Å². The minimum absolute atomic E-state index is 0.294. The zero-order valence-electron chi connectivity index (χ0n) is 17.9. The van der Waals surface area contributed by atoms with Gasteiger partial charge in [-0.2, -0.15) is 21.1 Å². The van der Waals surface area contributed by atoms with Crippen molar-refractivity contribution in [2.24, 2.45) is 4.99 Å². The first-order chi connectivity index (χ1) is 14.8. The summed E-state index contributed by atoms with van der Waals surface area (Å²) in [6.45, 7) is 3.03. The van der Waals surface area contributed by atoms with E-state index in [1.807, 2.05) is 16.9 Å². The maximum absolute atomic E-state index is 13.0. The number of carbonyl (C=O) groups is 2. The fraction of sp³-hybridized carbons (Fsp3) is 0.550. The quantitative estimate of drug-likeness (QED) is 0.559. The summed E-state index contributed by atoms with van der Waals surface area (Å²) in [7, 11) is -3.49. The number of nitrogens with zero attached hydrogens (tertiary/aromatic N) is 3. The van der Waals surface area contributed by atoms with Gasteiger partial charge < -0.3 is 9.30 Å². The maximum atomic E-state index is 13.0. The van der Waals surface area contributed by atoms with Crippen molar-refractivity contribution >= 4 is 55.2 Å². The van der Waals surface area contributed by atoms with Crippen molar-refractivity contribution in [2.45, 2.75) is 38.8 Å². The Morgan fingerprint density at radius 2 is 2.10 bits per heavy atom. The largest absolute Gasteiger partial charge is 0.462 e. The van der Waals surface area contributed by atoms with Crippen LogP contribution in [0.2, 0.25) is 0 Å². The topological polar surface area (TPSA) is 98.0 Å². The number of benzene rings is 1. The number of ether oxygens (including phenoxy) is 1. The molecule has 1 unspecified atom stereocenters. The van der Waals surface area contributed by atoms with Crippen molar-refractivity contribution in [1.82, 2.24) is 8.87 Å². The van der Waals surface area contributed by atoms with Gasteiger partial charge in [0.1, 0.15) is 6.04 Å². The van der Waals surface area contributed by atoms with Gasteiger partial charge >= 0.3 is 5.97 Å². The van der Waals surface area contributed by atoms with Crippen molar-refractivity contribution in [1.29, 1.82) is 0 Å². The Morgan fingerprint density at radius 1 is 1.32 bits per heavy atom. The molecule has 1 aromatic carbocycles. The smallest absolute Gasteiger partial charge is 0.338 e. The van der Waals surface area contributed by atoms with Gasteiger partial charge in [0.25, 0.3) is 5.91 Å². The fourth-order valence-electron chi connectivity index (χ4n) is 3.62. The summed E-state index contributed by atoms with van der Waals surface area (Å²) in [6, 6.07) is 4.53. The lowest BCUT2D eigenvalue weighted by molar-refractivity contribution is -0.122. The number of thiazole rings is 1. The number of carbonyl (C=O) groups excluding carboxylic acids is 2. The standard InChI is InChI=1S/C20H27N3O5S3/c1-4-28-19(25)14-8-9-15-17(13-14)30-20(22(15)11-12-29-2)21-18(24)16-7-5-6-10-23(16)31(3,26)27/h8-9,13,16H,4-7,10-12H2,1-3H3. The molecule has 1 aliphatic rings. The van der Waals surface area contributed by atoms with Crippen molar-refractivity contribution in [2.75, 3.05) is 31.4 Å². The number of aromatic nitrogens is 1. The number of rotatable bonds is 7. The highest BCUT2D eigenvalue weighted by Gasteiger charge is 2.34. The van der Waals surface area contributed by atoms with Gasteiger partial charge in [-0.15, -0.1) is 0 Å². The van der Waals surface area contributed by atoms with Crippen LogP contribution in [0.1, 0.15) is 36.5 Å². The van der Waals surface area contributed by atoms with Gasteiger partial charge in [-0.25, -0.2) is 13.2 Å². The predicted octanol–water partition coefficient (Wildman–Crippen LogP) is 2.48. The lowest BCUT2D eigenvalue weighted by Gasteiger charge is -2.31. The predicted molar refractivity (Wildman–Crippen MR) is 124 cm³/mol. The molecule has 31 heavy (non-hydrogen) atoms. The molecule has 2 aromatic rings. The Hall–Kier alpha value is -1.69. The normalized spacial score (nSPS) is 18.4. The van der Waals surface area contributed by atoms with Gasteiger partial charge in [0.2, 0.25) is 10.0 Å². The number of esters is 1. The molecule has 0 aliphatic carbocycles. The molecule has 0 bridgehead atoms. The fourth-order valence-corrected chi connectivity index (χ4v) is 6.20. The van der Waals surface area contributed by atoms with Crippen molar-refractivity contribution in [3.05, 3.63) is 28.6 Å². The summed E-state index contributed by atoms with van der Waals surface area (Å²) in [5, 5.41) is 0. The van der Waals surface area contributed by atoms with Gasteiger partial charge in [0, 0.05) is 18.8 Å². The number of amides is 1. The average Bonchev–Trinajstić information content (AvgIpc) is 3.07. The Balaban J connectivity index is 2.05. The summed E-state index contributed by atoms with van der Waals surface area (Å²) >= 11 is 2.99. The molecule has 1 aromatic heterocycles. The lowest BCUT2D eigenvalue weighted by atomic mass is 10.0. The number of hydrogen-bond acceptors (Lipinski definition) is 7. The minimum atomic E-state index is -3.49. The maximum Gasteiger partial charge on any atom is 0.338 e. The Bertz CT molecular complexity index is 1140. The van der Waals surface area contributed by atoms with E-state index in [-0.39, 0.29) is 0 Å². The third-order valence-electron chi connectivity index (χ3n) is 5.08. The molecule has 11 heteroatoms.